The fraction of sp³-hybridized carbons (Fsp3) is 0.517. The van der Waals surface area contributed by atoms with Crippen molar-refractivity contribution in [2.24, 2.45) is 5.92 Å². The maximum absolute atomic E-state index is 13.9. The number of benzene rings is 2. The molecule has 1 saturated carbocycles. The first-order chi connectivity index (χ1) is 20.0. The standard InChI is InChI=1S/C29H33ClF4N3O5S/c1-17(2)35(3)23-6-9-25(19(14-23)16-43(41,42)24-7-4-21(30)5-8-24)36-11-10-26(28(36)39)37(40)27(38)18-12-20(29(32,33)34)15-22(31)13-18/h4-5,7-8,12-13,15,17,19,23,25-26H,6,9-11,14,16H2,1-3H3/q-1/t19-,23+,25-,26-/m0/s1. The summed E-state index contributed by atoms with van der Waals surface area (Å²) in [4.78, 5) is 30.0. The van der Waals surface area contributed by atoms with E-state index in [9.17, 15) is 40.8 Å². The molecule has 0 radical (unpaired) electrons. The Morgan fingerprint density at radius 2 is 1.77 bits per heavy atom. The molecule has 0 aromatic heterocycles. The number of carbonyl (C=O) groups is 2. The predicted molar refractivity (Wildman–Crippen MR) is 152 cm³/mol. The van der Waals surface area contributed by atoms with Crippen LogP contribution < -0.4 is 0 Å². The minimum Gasteiger partial charge on any atom is -0.755 e. The van der Waals surface area contributed by atoms with E-state index in [-0.39, 0.29) is 46.8 Å². The molecule has 8 nitrogen and oxygen atoms in total. The summed E-state index contributed by atoms with van der Waals surface area (Å²) in [5, 5.41) is 13.2. The van der Waals surface area contributed by atoms with Crippen molar-refractivity contribution in [3.05, 3.63) is 69.6 Å². The lowest BCUT2D eigenvalue weighted by molar-refractivity contribution is -0.138. The smallest absolute Gasteiger partial charge is 0.416 e. The van der Waals surface area contributed by atoms with E-state index in [1.165, 1.54) is 29.2 Å². The van der Waals surface area contributed by atoms with Gasteiger partial charge < -0.3 is 20.1 Å². The summed E-state index contributed by atoms with van der Waals surface area (Å²) in [6.45, 7) is 4.10. The molecule has 1 aliphatic carbocycles. The van der Waals surface area contributed by atoms with Gasteiger partial charge in [-0.2, -0.15) is 13.2 Å². The minimum absolute atomic E-state index is 0.0450. The number of likely N-dealkylation sites (tertiary alicyclic amines) is 1. The highest BCUT2D eigenvalue weighted by Crippen LogP contribution is 2.37. The molecular weight excluding hydrogens is 614 g/mol. The van der Waals surface area contributed by atoms with E-state index >= 15 is 0 Å². The van der Waals surface area contributed by atoms with E-state index in [4.69, 9.17) is 11.6 Å². The summed E-state index contributed by atoms with van der Waals surface area (Å²) in [5.41, 5.74) is -2.26. The maximum atomic E-state index is 13.9. The molecule has 0 spiro atoms. The summed E-state index contributed by atoms with van der Waals surface area (Å²) in [6.07, 6.45) is -3.47. The summed E-state index contributed by atoms with van der Waals surface area (Å²) in [7, 11) is -1.84. The van der Waals surface area contributed by atoms with Crippen LogP contribution in [-0.4, -0.2) is 78.6 Å². The fourth-order valence-electron chi connectivity index (χ4n) is 6.00. The van der Waals surface area contributed by atoms with E-state index < -0.39 is 62.8 Å². The molecule has 1 heterocycles. The summed E-state index contributed by atoms with van der Waals surface area (Å²) in [5.74, 6) is -4.30. The van der Waals surface area contributed by atoms with Crippen LogP contribution >= 0.6 is 11.6 Å². The lowest BCUT2D eigenvalue weighted by Gasteiger charge is -2.45. The highest BCUT2D eigenvalue weighted by atomic mass is 35.5. The zero-order valence-electron chi connectivity index (χ0n) is 23.9. The number of hydrogen-bond acceptors (Lipinski definition) is 6. The molecule has 0 N–H and O–H groups in total. The third-order valence-electron chi connectivity index (χ3n) is 8.48. The lowest BCUT2D eigenvalue weighted by Crippen LogP contribution is -2.53. The molecule has 14 heteroatoms. The van der Waals surface area contributed by atoms with Gasteiger partial charge in [-0.25, -0.2) is 12.8 Å². The highest BCUT2D eigenvalue weighted by Gasteiger charge is 2.45. The minimum atomic E-state index is -4.95. The fourth-order valence-corrected chi connectivity index (χ4v) is 7.79. The number of alkyl halides is 3. The largest absolute Gasteiger partial charge is 0.755 e. The molecule has 1 aliphatic heterocycles. The first-order valence-corrected chi connectivity index (χ1v) is 15.9. The molecule has 43 heavy (non-hydrogen) atoms. The Kier molecular flexibility index (Phi) is 9.80. The van der Waals surface area contributed by atoms with Crippen LogP contribution in [0.4, 0.5) is 17.6 Å². The molecule has 0 bridgehead atoms. The normalized spacial score (nSPS) is 23.3. The van der Waals surface area contributed by atoms with E-state index in [2.05, 4.69) is 4.90 Å². The number of nitrogens with zero attached hydrogens (tertiary/aromatic N) is 3. The van der Waals surface area contributed by atoms with Crippen LogP contribution in [0.1, 0.15) is 55.5 Å². The van der Waals surface area contributed by atoms with Crippen molar-refractivity contribution >= 4 is 33.3 Å². The molecule has 2 amide bonds. The molecule has 4 rings (SSSR count). The van der Waals surface area contributed by atoms with Crippen molar-refractivity contribution in [2.75, 3.05) is 19.3 Å². The van der Waals surface area contributed by atoms with E-state index in [0.29, 0.717) is 36.4 Å². The number of halogens is 5. The number of rotatable bonds is 8. The number of hydroxylamine groups is 2. The van der Waals surface area contributed by atoms with Crippen LogP contribution in [0, 0.1) is 16.9 Å². The molecule has 2 aromatic rings. The van der Waals surface area contributed by atoms with Gasteiger partial charge in [-0.15, -0.1) is 0 Å². The van der Waals surface area contributed by atoms with Crippen LogP contribution in [0.5, 0.6) is 0 Å². The first-order valence-electron chi connectivity index (χ1n) is 13.9. The van der Waals surface area contributed by atoms with Gasteiger partial charge in [-0.3, -0.25) is 9.59 Å². The molecule has 2 aliphatic rings. The topological polar surface area (TPSA) is 101 Å². The van der Waals surface area contributed by atoms with Gasteiger partial charge in [-0.05, 0) is 95.0 Å². The number of hydrogen-bond donors (Lipinski definition) is 0. The van der Waals surface area contributed by atoms with Gasteiger partial charge >= 0.3 is 6.18 Å². The Morgan fingerprint density at radius 3 is 2.37 bits per heavy atom. The van der Waals surface area contributed by atoms with Gasteiger partial charge in [-0.1, -0.05) is 11.6 Å². The Morgan fingerprint density at radius 1 is 1.12 bits per heavy atom. The molecule has 2 aromatic carbocycles. The van der Waals surface area contributed by atoms with E-state index in [0.717, 1.165) is 0 Å². The van der Waals surface area contributed by atoms with Crippen molar-refractivity contribution in [1.29, 1.82) is 0 Å². The second-order valence-electron chi connectivity index (χ2n) is 11.5. The van der Waals surface area contributed by atoms with Crippen LogP contribution in [0.2, 0.25) is 5.02 Å². The summed E-state index contributed by atoms with van der Waals surface area (Å²) >= 11 is 5.93. The maximum Gasteiger partial charge on any atom is 0.416 e. The average Bonchev–Trinajstić information content (AvgIpc) is 3.31. The van der Waals surface area contributed by atoms with Crippen molar-refractivity contribution in [3.63, 3.8) is 0 Å². The second kappa shape index (κ2) is 12.7. The Labute approximate surface area is 253 Å². The third-order valence-corrected chi connectivity index (χ3v) is 10.6. The average molecular weight is 647 g/mol. The van der Waals surface area contributed by atoms with Crippen molar-refractivity contribution in [3.8, 4) is 0 Å². The quantitative estimate of drug-likeness (QED) is 0.282. The monoisotopic (exact) mass is 646 g/mol. The molecule has 1 saturated heterocycles. The summed E-state index contributed by atoms with van der Waals surface area (Å²) < 4.78 is 80.2. The zero-order valence-corrected chi connectivity index (χ0v) is 25.4. The molecule has 2 fully saturated rings. The highest BCUT2D eigenvalue weighted by molar-refractivity contribution is 7.91. The number of sulfone groups is 1. The zero-order chi connectivity index (χ0) is 31.9. The Bertz CT molecular complexity index is 1460. The Hall–Kier alpha value is -2.74. The van der Waals surface area contributed by atoms with Gasteiger partial charge in [0.15, 0.2) is 9.84 Å². The molecule has 236 valence electrons. The molecular formula is C29H33ClF4N3O5S-. The van der Waals surface area contributed by atoms with Gasteiger partial charge in [0.25, 0.3) is 0 Å². The van der Waals surface area contributed by atoms with Crippen molar-refractivity contribution in [2.45, 2.75) is 74.8 Å². The first kappa shape index (κ1) is 33.2. The van der Waals surface area contributed by atoms with E-state index in [1.54, 1.807) is 0 Å². The van der Waals surface area contributed by atoms with E-state index in [1.807, 2.05) is 20.9 Å². The SMILES string of the molecule is CC(C)N(C)[C@@H]1CC[C@H](N2CC[C@H](N([O-])C(=O)c3cc(F)cc(C(F)(F)F)c3)C2=O)[C@H](CS(=O)(=O)c2ccc(Cl)cc2)C1. The number of amides is 2. The summed E-state index contributed by atoms with van der Waals surface area (Å²) in [6, 6.07) is 5.04. The van der Waals surface area contributed by atoms with Gasteiger partial charge in [0, 0.05) is 35.3 Å². The van der Waals surface area contributed by atoms with Crippen LogP contribution in [-0.2, 0) is 20.8 Å². The molecule has 0 unspecified atom stereocenters. The van der Waals surface area contributed by atoms with Gasteiger partial charge in [0.1, 0.15) is 11.9 Å². The Balaban J connectivity index is 1.57. The van der Waals surface area contributed by atoms with Crippen molar-refractivity contribution in [1.82, 2.24) is 14.9 Å². The lowest BCUT2D eigenvalue weighted by atomic mass is 9.81. The van der Waals surface area contributed by atoms with Gasteiger partial charge in [0.05, 0.1) is 16.2 Å². The predicted octanol–water partition coefficient (Wildman–Crippen LogP) is 5.39. The van der Waals surface area contributed by atoms with Gasteiger partial charge in [0.2, 0.25) is 11.8 Å². The van der Waals surface area contributed by atoms with Crippen LogP contribution in [0.3, 0.4) is 0 Å². The van der Waals surface area contributed by atoms with Crippen LogP contribution in [0.25, 0.3) is 0 Å². The number of carbonyl (C=O) groups excluding carboxylic acids is 2. The second-order valence-corrected chi connectivity index (χ2v) is 14.0. The molecule has 4 atom stereocenters. The van der Waals surface area contributed by atoms with Crippen LogP contribution in [0.15, 0.2) is 47.4 Å². The van der Waals surface area contributed by atoms with Crippen molar-refractivity contribution < 1.29 is 35.6 Å². The third kappa shape index (κ3) is 7.33.